The highest BCUT2D eigenvalue weighted by atomic mass is 16.3. The Morgan fingerprint density at radius 2 is 0.900 bits per heavy atom. The van der Waals surface area contributed by atoms with Crippen molar-refractivity contribution in [2.75, 3.05) is 80.5 Å². The van der Waals surface area contributed by atoms with E-state index in [1.54, 1.807) is 0 Å². The number of aliphatic hydroxyl groups excluding tert-OH is 2. The van der Waals surface area contributed by atoms with Gasteiger partial charge in [-0.05, 0) is 53.9 Å². The van der Waals surface area contributed by atoms with E-state index in [2.05, 4.69) is 45.9 Å². The fraction of sp³-hybridized carbons (Fsp3) is 0.688. The molecule has 6 atom stereocenters. The third-order valence-electron chi connectivity index (χ3n) is 7.85. The molecule has 0 aromatic carbocycles. The Morgan fingerprint density at radius 3 is 1.10 bits per heavy atom. The molecule has 4 rings (SSSR count). The van der Waals surface area contributed by atoms with Gasteiger partial charge in [0.2, 0.25) is 0 Å². The molecule has 4 fully saturated rings. The van der Waals surface area contributed by atoms with Crippen LogP contribution in [0.25, 0.3) is 0 Å². The van der Waals surface area contributed by atoms with Crippen molar-refractivity contribution in [1.29, 1.82) is 0 Å². The van der Waals surface area contributed by atoms with Crippen LogP contribution in [-0.4, -0.2) is 134 Å². The SMILES string of the molecule is C=CCC1CN(C)CC1=O.C=CC[C@@H]1CN(C)C[C@@H]1O.C=CC[C@H]1CN(C)CC1=O.C=CC[C@H]1CN(C)C[C@@H]1O. The zero-order valence-corrected chi connectivity index (χ0v) is 25.6. The maximum atomic E-state index is 11.1. The molecule has 0 bridgehead atoms. The molecule has 4 saturated heterocycles. The number of hydrogen-bond acceptors (Lipinski definition) is 8. The third-order valence-corrected chi connectivity index (χ3v) is 7.85. The minimum atomic E-state index is -0.136. The van der Waals surface area contributed by atoms with E-state index in [0.29, 0.717) is 36.5 Å². The van der Waals surface area contributed by atoms with Gasteiger partial charge in [-0.15, -0.1) is 26.3 Å². The number of allylic oxidation sites excluding steroid dienone is 4. The van der Waals surface area contributed by atoms with Crippen molar-refractivity contribution in [1.82, 2.24) is 19.6 Å². The molecule has 0 saturated carbocycles. The third kappa shape index (κ3) is 13.1. The Morgan fingerprint density at radius 1 is 0.575 bits per heavy atom. The van der Waals surface area contributed by atoms with Crippen LogP contribution in [0.4, 0.5) is 0 Å². The summed E-state index contributed by atoms with van der Waals surface area (Å²) in [5.74, 6) is 2.01. The van der Waals surface area contributed by atoms with Gasteiger partial charge in [-0.2, -0.15) is 0 Å². The maximum Gasteiger partial charge on any atom is 0.151 e. The fourth-order valence-corrected chi connectivity index (χ4v) is 5.71. The maximum absolute atomic E-state index is 11.1. The second kappa shape index (κ2) is 19.2. The molecule has 2 N–H and O–H groups in total. The molecule has 8 nitrogen and oxygen atoms in total. The lowest BCUT2D eigenvalue weighted by Crippen LogP contribution is -2.17. The molecule has 4 aliphatic heterocycles. The van der Waals surface area contributed by atoms with Gasteiger partial charge in [0.25, 0.3) is 0 Å². The number of β-amino-alcohol motifs (C(OH)–C–C–N with tert-alkyl or cyclic N) is 2. The minimum absolute atomic E-state index is 0.136. The summed E-state index contributed by atoms with van der Waals surface area (Å²) in [4.78, 5) is 30.6. The minimum Gasteiger partial charge on any atom is -0.391 e. The lowest BCUT2D eigenvalue weighted by atomic mass is 10.0. The highest BCUT2D eigenvalue weighted by molar-refractivity contribution is 5.85. The van der Waals surface area contributed by atoms with E-state index in [1.165, 1.54) is 0 Å². The molecule has 0 aliphatic carbocycles. The van der Waals surface area contributed by atoms with Crippen molar-refractivity contribution in [3.63, 3.8) is 0 Å². The summed E-state index contributed by atoms with van der Waals surface area (Å²) in [6, 6.07) is 0. The van der Waals surface area contributed by atoms with Gasteiger partial charge in [0.15, 0.2) is 11.6 Å². The summed E-state index contributed by atoms with van der Waals surface area (Å²) in [6.45, 7) is 21.2. The largest absolute Gasteiger partial charge is 0.391 e. The first kappa shape index (κ1) is 36.1. The molecule has 0 radical (unpaired) electrons. The molecule has 0 aromatic rings. The van der Waals surface area contributed by atoms with Crippen LogP contribution in [-0.2, 0) is 9.59 Å². The van der Waals surface area contributed by atoms with Gasteiger partial charge < -0.3 is 20.0 Å². The standard InChI is InChI=1S/2C8H15NO.2C8H13NO/c4*1-3-4-7-5-9(2)6-8(7)10/h2*3,7-8,10H,1,4-6H2,2H3;2*3,7H,1,4-6H2,2H3/t7-,8+;7-,8-;7-;/m100./s1. The average Bonchev–Trinajstić information content (AvgIpc) is 3.58. The van der Waals surface area contributed by atoms with Crippen LogP contribution >= 0.6 is 0 Å². The molecule has 4 aliphatic rings. The fourth-order valence-electron chi connectivity index (χ4n) is 5.71. The molecule has 0 amide bonds. The molecule has 1 unspecified atom stereocenters. The number of carbonyl (C=O) groups excluding carboxylic acids is 2. The molecule has 8 heteroatoms. The number of likely N-dealkylation sites (N-methyl/N-ethyl adjacent to an activating group) is 4. The molecule has 0 spiro atoms. The molecule has 0 aromatic heterocycles. The summed E-state index contributed by atoms with van der Waals surface area (Å²) in [5, 5.41) is 18.8. The van der Waals surface area contributed by atoms with Gasteiger partial charge >= 0.3 is 0 Å². The first-order valence-electron chi connectivity index (χ1n) is 14.5. The van der Waals surface area contributed by atoms with E-state index >= 15 is 0 Å². The highest BCUT2D eigenvalue weighted by Gasteiger charge is 2.29. The predicted molar refractivity (Wildman–Crippen MR) is 165 cm³/mol. The molecule has 40 heavy (non-hydrogen) atoms. The van der Waals surface area contributed by atoms with Crippen LogP contribution < -0.4 is 0 Å². The van der Waals surface area contributed by atoms with Gasteiger partial charge in [-0.25, -0.2) is 0 Å². The van der Waals surface area contributed by atoms with Crippen molar-refractivity contribution < 1.29 is 19.8 Å². The number of likely N-dealkylation sites (tertiary alicyclic amines) is 4. The van der Waals surface area contributed by atoms with Gasteiger partial charge in [-0.3, -0.25) is 19.4 Å². The Hall–Kier alpha value is -1.94. The summed E-state index contributed by atoms with van der Waals surface area (Å²) >= 11 is 0. The summed E-state index contributed by atoms with van der Waals surface area (Å²) in [7, 11) is 8.01. The van der Waals surface area contributed by atoms with Gasteiger partial charge in [0, 0.05) is 62.9 Å². The van der Waals surface area contributed by atoms with Gasteiger partial charge in [-0.1, -0.05) is 24.3 Å². The quantitative estimate of drug-likeness (QED) is 0.438. The lowest BCUT2D eigenvalue weighted by molar-refractivity contribution is -0.120. The van der Waals surface area contributed by atoms with Crippen LogP contribution in [0.5, 0.6) is 0 Å². The van der Waals surface area contributed by atoms with Crippen molar-refractivity contribution >= 4 is 11.6 Å². The first-order chi connectivity index (χ1) is 18.9. The molecular weight excluding hydrogens is 504 g/mol. The Kier molecular flexibility index (Phi) is 17.3. The Bertz CT molecular complexity index is 753. The van der Waals surface area contributed by atoms with Crippen LogP contribution in [0, 0.1) is 23.7 Å². The zero-order valence-electron chi connectivity index (χ0n) is 25.6. The van der Waals surface area contributed by atoms with Crippen LogP contribution in [0.2, 0.25) is 0 Å². The number of rotatable bonds is 8. The normalized spacial score (nSPS) is 30.9. The molecular formula is C32H56N4O4. The van der Waals surface area contributed by atoms with Crippen LogP contribution in [0.15, 0.2) is 50.6 Å². The first-order valence-corrected chi connectivity index (χ1v) is 14.5. The van der Waals surface area contributed by atoms with Gasteiger partial charge in [0.1, 0.15) is 0 Å². The van der Waals surface area contributed by atoms with E-state index in [0.717, 1.165) is 65.0 Å². The van der Waals surface area contributed by atoms with E-state index in [1.807, 2.05) is 52.5 Å². The Labute approximate surface area is 243 Å². The highest BCUT2D eigenvalue weighted by Crippen LogP contribution is 2.19. The average molecular weight is 561 g/mol. The van der Waals surface area contributed by atoms with Crippen molar-refractivity contribution in [3.8, 4) is 0 Å². The summed E-state index contributed by atoms with van der Waals surface area (Å²) in [5.41, 5.74) is 0. The van der Waals surface area contributed by atoms with E-state index < -0.39 is 0 Å². The predicted octanol–water partition coefficient (Wildman–Crippen LogP) is 2.36. The zero-order chi connectivity index (χ0) is 30.2. The number of nitrogens with zero attached hydrogens (tertiary/aromatic N) is 4. The van der Waals surface area contributed by atoms with E-state index in [9.17, 15) is 19.8 Å². The van der Waals surface area contributed by atoms with Gasteiger partial charge in [0.05, 0.1) is 25.3 Å². The van der Waals surface area contributed by atoms with Crippen LogP contribution in [0.3, 0.4) is 0 Å². The van der Waals surface area contributed by atoms with Crippen molar-refractivity contribution in [3.05, 3.63) is 50.6 Å². The summed E-state index contributed by atoms with van der Waals surface area (Å²) in [6.07, 6.45) is 10.7. The second-order valence-electron chi connectivity index (χ2n) is 11.9. The monoisotopic (exact) mass is 560 g/mol. The molecule has 228 valence electrons. The van der Waals surface area contributed by atoms with Crippen molar-refractivity contribution in [2.24, 2.45) is 23.7 Å². The number of hydrogen-bond donors (Lipinski definition) is 2. The lowest BCUT2D eigenvalue weighted by Gasteiger charge is -2.08. The topological polar surface area (TPSA) is 87.6 Å². The second-order valence-corrected chi connectivity index (χ2v) is 11.9. The number of aliphatic hydroxyl groups is 2. The Balaban J connectivity index is 0.000000267. The number of Topliss-reactive ketones (excluding diaryl/α,β-unsaturated/α-hetero) is 2. The number of carbonyl (C=O) groups is 2. The summed E-state index contributed by atoms with van der Waals surface area (Å²) < 4.78 is 0. The number of ketones is 2. The molecule has 4 heterocycles. The van der Waals surface area contributed by atoms with E-state index in [-0.39, 0.29) is 24.0 Å². The smallest absolute Gasteiger partial charge is 0.151 e. The van der Waals surface area contributed by atoms with Crippen molar-refractivity contribution in [2.45, 2.75) is 37.9 Å². The van der Waals surface area contributed by atoms with E-state index in [4.69, 9.17) is 0 Å². The van der Waals surface area contributed by atoms with Crippen LogP contribution in [0.1, 0.15) is 25.7 Å².